The molecule has 0 bridgehead atoms. The lowest BCUT2D eigenvalue weighted by Crippen LogP contribution is -2.50. The van der Waals surface area contributed by atoms with Crippen LogP contribution in [0.2, 0.25) is 0 Å². The van der Waals surface area contributed by atoms with E-state index in [9.17, 15) is 0 Å². The number of imidazole rings is 1. The molecule has 1 aliphatic carbocycles. The lowest BCUT2D eigenvalue weighted by Gasteiger charge is -2.38. The van der Waals surface area contributed by atoms with Gasteiger partial charge in [-0.2, -0.15) is 4.57 Å². The average molecular weight is 364 g/mol. The van der Waals surface area contributed by atoms with E-state index in [2.05, 4.69) is 69.8 Å². The van der Waals surface area contributed by atoms with Crippen molar-refractivity contribution in [3.05, 3.63) is 66.4 Å². The van der Waals surface area contributed by atoms with Crippen molar-refractivity contribution in [3.63, 3.8) is 0 Å². The minimum Gasteiger partial charge on any atom is -0.291 e. The molecule has 1 saturated carbocycles. The summed E-state index contributed by atoms with van der Waals surface area (Å²) < 4.78 is 4.91. The van der Waals surface area contributed by atoms with Gasteiger partial charge in [0.2, 0.25) is 5.52 Å². The molecular weight excluding hydrogens is 342 g/mol. The summed E-state index contributed by atoms with van der Waals surface area (Å²) >= 11 is 0. The number of para-hydroxylation sites is 2. The molecule has 3 heteroatoms. The van der Waals surface area contributed by atoms with Crippen LogP contribution in [0.3, 0.4) is 0 Å². The topological polar surface area (TPSA) is 21.2 Å². The Bertz CT molecular complexity index is 1420. The number of rotatable bonds is 0. The standard InChI is InChI=1S/C25H22N3/c1-4-13-25(14-5-1)16-27-15-7-8-17-23(27)22-18(25)9-6-12-21(22)28-20-11-3-2-10-19(20)26-24(17)28/h2-3,6-12,15H,1,4-5,13-14,16H2/q+1. The van der Waals surface area contributed by atoms with Crippen molar-refractivity contribution < 1.29 is 4.57 Å². The Morgan fingerprint density at radius 1 is 0.857 bits per heavy atom. The lowest BCUT2D eigenvalue weighted by atomic mass is 9.67. The zero-order valence-electron chi connectivity index (χ0n) is 15.9. The minimum atomic E-state index is 0.285. The fourth-order valence-electron chi connectivity index (χ4n) is 6.08. The Morgan fingerprint density at radius 3 is 2.64 bits per heavy atom. The highest BCUT2D eigenvalue weighted by molar-refractivity contribution is 6.12. The minimum absolute atomic E-state index is 0.285. The third-order valence-electron chi connectivity index (χ3n) is 7.25. The second-order valence-corrected chi connectivity index (χ2v) is 8.70. The van der Waals surface area contributed by atoms with Gasteiger partial charge in [-0.05, 0) is 42.7 Å². The second kappa shape index (κ2) is 5.11. The van der Waals surface area contributed by atoms with E-state index in [4.69, 9.17) is 4.98 Å². The van der Waals surface area contributed by atoms with Crippen LogP contribution in [0, 0.1) is 0 Å². The van der Waals surface area contributed by atoms with Crippen LogP contribution in [0.25, 0.3) is 38.5 Å². The van der Waals surface area contributed by atoms with Crippen molar-refractivity contribution in [3.8, 4) is 0 Å². The maximum Gasteiger partial charge on any atom is 0.226 e. The molecule has 0 radical (unpaired) electrons. The lowest BCUT2D eigenvalue weighted by molar-refractivity contribution is -0.681. The summed E-state index contributed by atoms with van der Waals surface area (Å²) in [5, 5.41) is 2.71. The molecular formula is C25H22N3+. The van der Waals surface area contributed by atoms with Gasteiger partial charge in [0.1, 0.15) is 0 Å². The summed E-state index contributed by atoms with van der Waals surface area (Å²) in [5.74, 6) is 0. The van der Waals surface area contributed by atoms with Crippen molar-refractivity contribution >= 4 is 38.5 Å². The first kappa shape index (κ1) is 15.0. The van der Waals surface area contributed by atoms with Gasteiger partial charge < -0.3 is 0 Å². The summed E-state index contributed by atoms with van der Waals surface area (Å²) in [6, 6.07) is 20.0. The van der Waals surface area contributed by atoms with Gasteiger partial charge in [0.15, 0.2) is 18.4 Å². The van der Waals surface area contributed by atoms with Crippen molar-refractivity contribution in [2.75, 3.05) is 0 Å². The molecule has 0 amide bonds. The molecule has 0 saturated heterocycles. The molecule has 136 valence electrons. The normalized spacial score (nSPS) is 18.1. The Hall–Kier alpha value is -2.94. The van der Waals surface area contributed by atoms with E-state index < -0.39 is 0 Å². The number of hydrogen-bond acceptors (Lipinski definition) is 1. The first-order chi connectivity index (χ1) is 13.9. The van der Waals surface area contributed by atoms with Gasteiger partial charge >= 0.3 is 0 Å². The highest BCUT2D eigenvalue weighted by Crippen LogP contribution is 2.46. The fraction of sp³-hybridized carbons (Fsp3) is 0.280. The molecule has 28 heavy (non-hydrogen) atoms. The first-order valence-electron chi connectivity index (χ1n) is 10.5. The average Bonchev–Trinajstić information content (AvgIpc) is 3.14. The van der Waals surface area contributed by atoms with Crippen LogP contribution in [-0.4, -0.2) is 9.38 Å². The van der Waals surface area contributed by atoms with Crippen LogP contribution < -0.4 is 4.57 Å². The smallest absolute Gasteiger partial charge is 0.226 e. The van der Waals surface area contributed by atoms with E-state index >= 15 is 0 Å². The van der Waals surface area contributed by atoms with E-state index in [0.29, 0.717) is 0 Å². The van der Waals surface area contributed by atoms with Crippen LogP contribution in [0.4, 0.5) is 0 Å². The molecule has 0 unspecified atom stereocenters. The zero-order chi connectivity index (χ0) is 18.3. The molecule has 4 heterocycles. The van der Waals surface area contributed by atoms with Crippen LogP contribution >= 0.6 is 0 Å². The number of pyridine rings is 2. The molecule has 1 aliphatic heterocycles. The SMILES string of the molecule is c1ccc2c(c1)nc1c3ccc[n+]4c3c3c(cccc3n21)C1(CCCCC1)C4. The van der Waals surface area contributed by atoms with Crippen molar-refractivity contribution in [1.82, 2.24) is 9.38 Å². The number of nitrogens with zero attached hydrogens (tertiary/aromatic N) is 3. The summed E-state index contributed by atoms with van der Waals surface area (Å²) in [5.41, 5.74) is 7.88. The second-order valence-electron chi connectivity index (χ2n) is 8.70. The van der Waals surface area contributed by atoms with Gasteiger partial charge in [0, 0.05) is 6.07 Å². The molecule has 2 aromatic carbocycles. The van der Waals surface area contributed by atoms with Crippen LogP contribution in [0.15, 0.2) is 60.8 Å². The van der Waals surface area contributed by atoms with E-state index in [1.165, 1.54) is 59.4 Å². The fourth-order valence-corrected chi connectivity index (χ4v) is 6.08. The van der Waals surface area contributed by atoms with Crippen molar-refractivity contribution in [2.24, 2.45) is 0 Å². The van der Waals surface area contributed by atoms with E-state index in [1.54, 1.807) is 5.56 Å². The Balaban J connectivity index is 1.78. The third-order valence-corrected chi connectivity index (χ3v) is 7.25. The molecule has 0 atom stereocenters. The molecule has 7 rings (SSSR count). The van der Waals surface area contributed by atoms with Crippen LogP contribution in [0.5, 0.6) is 0 Å². The summed E-state index contributed by atoms with van der Waals surface area (Å²) in [6.07, 6.45) is 8.96. The van der Waals surface area contributed by atoms with Crippen LogP contribution in [0.1, 0.15) is 37.7 Å². The van der Waals surface area contributed by atoms with E-state index in [-0.39, 0.29) is 5.41 Å². The first-order valence-corrected chi connectivity index (χ1v) is 10.5. The highest BCUT2D eigenvalue weighted by Gasteiger charge is 2.43. The molecule has 5 aromatic rings. The Morgan fingerprint density at radius 2 is 1.71 bits per heavy atom. The van der Waals surface area contributed by atoms with Gasteiger partial charge in [-0.15, -0.1) is 0 Å². The summed E-state index contributed by atoms with van der Waals surface area (Å²) in [6.45, 7) is 1.10. The van der Waals surface area contributed by atoms with E-state index in [1.807, 2.05) is 0 Å². The molecule has 1 spiro atoms. The third kappa shape index (κ3) is 1.71. The molecule has 3 aromatic heterocycles. The van der Waals surface area contributed by atoms with Gasteiger partial charge in [-0.25, -0.2) is 4.98 Å². The maximum absolute atomic E-state index is 5.04. The maximum atomic E-state index is 5.04. The quantitative estimate of drug-likeness (QED) is 0.270. The van der Waals surface area contributed by atoms with Gasteiger partial charge in [0.05, 0.1) is 32.7 Å². The molecule has 1 fully saturated rings. The van der Waals surface area contributed by atoms with Crippen molar-refractivity contribution in [2.45, 2.75) is 44.1 Å². The van der Waals surface area contributed by atoms with Gasteiger partial charge in [0.25, 0.3) is 0 Å². The zero-order valence-corrected chi connectivity index (χ0v) is 15.9. The number of fused-ring (bicyclic) bond motifs is 6. The Labute approximate surface area is 163 Å². The Kier molecular flexibility index (Phi) is 2.74. The highest BCUT2D eigenvalue weighted by atomic mass is 15.0. The molecule has 0 N–H and O–H groups in total. The van der Waals surface area contributed by atoms with E-state index in [0.717, 1.165) is 17.7 Å². The predicted molar refractivity (Wildman–Crippen MR) is 113 cm³/mol. The molecule has 2 aliphatic rings. The number of aromatic nitrogens is 3. The van der Waals surface area contributed by atoms with Crippen molar-refractivity contribution in [1.29, 1.82) is 0 Å². The van der Waals surface area contributed by atoms with Gasteiger partial charge in [-0.1, -0.05) is 43.5 Å². The number of benzene rings is 2. The monoisotopic (exact) mass is 364 g/mol. The summed E-state index contributed by atoms with van der Waals surface area (Å²) in [4.78, 5) is 5.04. The predicted octanol–water partition coefficient (Wildman–Crippen LogP) is 5.30. The van der Waals surface area contributed by atoms with Gasteiger partial charge in [-0.3, -0.25) is 4.40 Å². The number of hydrogen-bond donors (Lipinski definition) is 0. The largest absolute Gasteiger partial charge is 0.291 e. The van der Waals surface area contributed by atoms with Crippen LogP contribution in [-0.2, 0) is 12.0 Å². The molecule has 3 nitrogen and oxygen atoms in total. The summed E-state index contributed by atoms with van der Waals surface area (Å²) in [7, 11) is 0.